The van der Waals surface area contributed by atoms with Crippen LogP contribution in [0.25, 0.3) is 22.4 Å². The van der Waals surface area contributed by atoms with Crippen molar-refractivity contribution < 1.29 is 4.79 Å². The monoisotopic (exact) mass is 451 g/mol. The second-order valence-electron chi connectivity index (χ2n) is 9.01. The number of likely N-dealkylation sites (tertiary alicyclic amines) is 1. The van der Waals surface area contributed by atoms with E-state index in [0.717, 1.165) is 86.6 Å². The molecule has 32 heavy (non-hydrogen) atoms. The van der Waals surface area contributed by atoms with E-state index >= 15 is 0 Å². The fraction of sp³-hybridized carbons (Fsp3) is 0.440. The smallest absolute Gasteiger partial charge is 0.225 e. The molecule has 0 spiro atoms. The Kier molecular flexibility index (Phi) is 6.07. The summed E-state index contributed by atoms with van der Waals surface area (Å²) in [4.78, 5) is 28.0. The molecular weight excluding hydrogens is 422 g/mol. The van der Waals surface area contributed by atoms with Crippen LogP contribution in [0, 0.1) is 5.92 Å². The topological polar surface area (TPSA) is 55.5 Å². The minimum Gasteiger partial charge on any atom is -0.370 e. The highest BCUT2D eigenvalue weighted by Gasteiger charge is 2.28. The average molecular weight is 452 g/mol. The second-order valence-corrected chi connectivity index (χ2v) is 9.42. The fourth-order valence-electron chi connectivity index (χ4n) is 4.88. The summed E-state index contributed by atoms with van der Waals surface area (Å²) < 4.78 is 0. The van der Waals surface area contributed by atoms with Crippen molar-refractivity contribution in [2.75, 3.05) is 51.2 Å². The molecular formula is C25H30ClN5O. The van der Waals surface area contributed by atoms with Crippen LogP contribution >= 0.6 is 11.6 Å². The van der Waals surface area contributed by atoms with Gasteiger partial charge in [-0.05, 0) is 69.7 Å². The van der Waals surface area contributed by atoms with Gasteiger partial charge in [0.05, 0.1) is 16.1 Å². The Bertz CT molecular complexity index is 1070. The highest BCUT2D eigenvalue weighted by Crippen LogP contribution is 2.32. The number of piperidine rings is 1. The molecule has 2 aliphatic rings. The van der Waals surface area contributed by atoms with Crippen LogP contribution in [-0.4, -0.2) is 72.0 Å². The minimum atomic E-state index is 0.188. The predicted octanol–water partition coefficient (Wildman–Crippen LogP) is 4.26. The number of fused-ring (bicyclic) bond motifs is 1. The van der Waals surface area contributed by atoms with Crippen molar-refractivity contribution in [3.63, 3.8) is 0 Å². The Morgan fingerprint density at radius 3 is 2.66 bits per heavy atom. The van der Waals surface area contributed by atoms with Gasteiger partial charge in [-0.1, -0.05) is 23.7 Å². The minimum absolute atomic E-state index is 0.188. The predicted molar refractivity (Wildman–Crippen MR) is 130 cm³/mol. The largest absolute Gasteiger partial charge is 0.370 e. The molecule has 2 aromatic carbocycles. The van der Waals surface area contributed by atoms with Crippen molar-refractivity contribution in [1.82, 2.24) is 19.8 Å². The van der Waals surface area contributed by atoms with Crippen molar-refractivity contribution in [1.29, 1.82) is 0 Å². The number of para-hydroxylation sites is 2. The molecule has 1 aromatic heterocycles. The number of benzene rings is 2. The van der Waals surface area contributed by atoms with Gasteiger partial charge in [0, 0.05) is 43.3 Å². The summed E-state index contributed by atoms with van der Waals surface area (Å²) in [7, 11) is 2.14. The number of amides is 1. The lowest BCUT2D eigenvalue weighted by Gasteiger charge is -2.32. The molecule has 2 saturated heterocycles. The fourth-order valence-corrected chi connectivity index (χ4v) is 5.09. The molecule has 0 bridgehead atoms. The third kappa shape index (κ3) is 4.34. The van der Waals surface area contributed by atoms with Gasteiger partial charge in [0.2, 0.25) is 5.91 Å². The van der Waals surface area contributed by atoms with E-state index in [2.05, 4.69) is 38.9 Å². The normalized spacial score (nSPS) is 18.8. The van der Waals surface area contributed by atoms with Crippen LogP contribution in [0.1, 0.15) is 19.3 Å². The zero-order valence-electron chi connectivity index (χ0n) is 18.6. The van der Waals surface area contributed by atoms with Crippen LogP contribution < -0.4 is 4.90 Å². The second kappa shape index (κ2) is 9.12. The Labute approximate surface area is 194 Å². The molecule has 3 aromatic rings. The standard InChI is InChI=1S/C25H30ClN5O/c1-29-13-9-18(10-14-29)25(32)31-12-4-11-30(15-16-31)19-7-8-21(26)20(17-19)24-27-22-5-2-3-6-23(22)28-24/h2-3,5-8,17-18H,4,9-16H2,1H3,(H,27,28). The van der Waals surface area contributed by atoms with Crippen LogP contribution in [0.2, 0.25) is 5.02 Å². The molecule has 1 amide bonds. The first kappa shape index (κ1) is 21.3. The number of aromatic nitrogens is 2. The highest BCUT2D eigenvalue weighted by molar-refractivity contribution is 6.33. The number of rotatable bonds is 3. The van der Waals surface area contributed by atoms with Gasteiger partial charge in [-0.15, -0.1) is 0 Å². The third-order valence-corrected chi connectivity index (χ3v) is 7.16. The van der Waals surface area contributed by atoms with Gasteiger partial charge >= 0.3 is 0 Å². The number of carbonyl (C=O) groups excluding carboxylic acids is 1. The Morgan fingerprint density at radius 2 is 1.84 bits per heavy atom. The summed E-state index contributed by atoms with van der Waals surface area (Å²) in [5.41, 5.74) is 3.96. The van der Waals surface area contributed by atoms with Gasteiger partial charge < -0.3 is 19.7 Å². The number of nitrogens with one attached hydrogen (secondary N) is 1. The van der Waals surface area contributed by atoms with Gasteiger partial charge in [0.15, 0.2) is 0 Å². The van der Waals surface area contributed by atoms with Gasteiger partial charge in [-0.3, -0.25) is 4.79 Å². The number of hydrogen-bond acceptors (Lipinski definition) is 4. The van der Waals surface area contributed by atoms with Gasteiger partial charge in [0.25, 0.3) is 0 Å². The summed E-state index contributed by atoms with van der Waals surface area (Å²) in [5.74, 6) is 1.32. The first-order valence-corrected chi connectivity index (χ1v) is 11.9. The molecule has 1 N–H and O–H groups in total. The number of nitrogens with zero attached hydrogens (tertiary/aromatic N) is 4. The number of hydrogen-bond donors (Lipinski definition) is 1. The van der Waals surface area contributed by atoms with Crippen LogP contribution in [0.5, 0.6) is 0 Å². The number of halogens is 1. The number of anilines is 1. The van der Waals surface area contributed by atoms with E-state index in [-0.39, 0.29) is 5.92 Å². The zero-order valence-corrected chi connectivity index (χ0v) is 19.3. The van der Waals surface area contributed by atoms with Crippen molar-refractivity contribution in [3.05, 3.63) is 47.5 Å². The van der Waals surface area contributed by atoms with Crippen molar-refractivity contribution in [3.8, 4) is 11.4 Å². The molecule has 0 saturated carbocycles. The Hall–Kier alpha value is -2.57. The molecule has 0 aliphatic carbocycles. The third-order valence-electron chi connectivity index (χ3n) is 6.83. The molecule has 6 nitrogen and oxygen atoms in total. The molecule has 0 atom stereocenters. The van der Waals surface area contributed by atoms with Crippen molar-refractivity contribution in [2.24, 2.45) is 5.92 Å². The SMILES string of the molecule is CN1CCC(C(=O)N2CCCN(c3ccc(Cl)c(-c4nc5ccccc5[nH]4)c3)CC2)CC1. The summed E-state index contributed by atoms with van der Waals surface area (Å²) in [6, 6.07) is 14.1. The van der Waals surface area contributed by atoms with E-state index in [1.165, 1.54) is 0 Å². The molecule has 0 radical (unpaired) electrons. The first-order valence-electron chi connectivity index (χ1n) is 11.6. The van der Waals surface area contributed by atoms with Gasteiger partial charge in [-0.2, -0.15) is 0 Å². The maximum atomic E-state index is 13.1. The maximum absolute atomic E-state index is 13.1. The Morgan fingerprint density at radius 1 is 1.03 bits per heavy atom. The van der Waals surface area contributed by atoms with E-state index in [0.29, 0.717) is 10.9 Å². The highest BCUT2D eigenvalue weighted by atomic mass is 35.5. The molecule has 0 unspecified atom stereocenters. The molecule has 7 heteroatoms. The summed E-state index contributed by atoms with van der Waals surface area (Å²) in [6.07, 6.45) is 2.93. The van der Waals surface area contributed by atoms with Gasteiger partial charge in [0.1, 0.15) is 5.82 Å². The summed E-state index contributed by atoms with van der Waals surface area (Å²) in [6.45, 7) is 5.41. The number of H-pyrrole nitrogens is 1. The van der Waals surface area contributed by atoms with E-state index in [9.17, 15) is 4.79 Å². The lowest BCUT2D eigenvalue weighted by Crippen LogP contribution is -2.43. The van der Waals surface area contributed by atoms with E-state index < -0.39 is 0 Å². The van der Waals surface area contributed by atoms with Crippen molar-refractivity contribution >= 4 is 34.2 Å². The molecule has 2 fully saturated rings. The first-order chi connectivity index (χ1) is 15.6. The van der Waals surface area contributed by atoms with Crippen LogP contribution in [0.15, 0.2) is 42.5 Å². The average Bonchev–Trinajstić information content (AvgIpc) is 3.09. The van der Waals surface area contributed by atoms with E-state index in [1.807, 2.05) is 30.3 Å². The quantitative estimate of drug-likeness (QED) is 0.646. The lowest BCUT2D eigenvalue weighted by atomic mass is 9.95. The molecule has 5 rings (SSSR count). The number of aromatic amines is 1. The van der Waals surface area contributed by atoms with Crippen LogP contribution in [0.4, 0.5) is 5.69 Å². The molecule has 3 heterocycles. The number of imidazole rings is 1. The zero-order chi connectivity index (χ0) is 22.1. The van der Waals surface area contributed by atoms with Gasteiger partial charge in [-0.25, -0.2) is 4.98 Å². The number of carbonyl (C=O) groups is 1. The molecule has 168 valence electrons. The summed E-state index contributed by atoms with van der Waals surface area (Å²) in [5, 5.41) is 0.682. The van der Waals surface area contributed by atoms with Crippen LogP contribution in [0.3, 0.4) is 0 Å². The van der Waals surface area contributed by atoms with Crippen LogP contribution in [-0.2, 0) is 4.79 Å². The lowest BCUT2D eigenvalue weighted by molar-refractivity contribution is -0.136. The Balaban J connectivity index is 1.31. The molecule has 2 aliphatic heterocycles. The van der Waals surface area contributed by atoms with Crippen molar-refractivity contribution in [2.45, 2.75) is 19.3 Å². The van der Waals surface area contributed by atoms with E-state index in [4.69, 9.17) is 16.6 Å². The maximum Gasteiger partial charge on any atom is 0.225 e. The summed E-state index contributed by atoms with van der Waals surface area (Å²) >= 11 is 6.56. The van der Waals surface area contributed by atoms with E-state index in [1.54, 1.807) is 0 Å².